The molecule has 110 valence electrons. The van der Waals surface area contributed by atoms with Crippen molar-refractivity contribution in [3.05, 3.63) is 39.4 Å². The van der Waals surface area contributed by atoms with E-state index in [1.165, 1.54) is 6.07 Å². The van der Waals surface area contributed by atoms with Crippen LogP contribution in [0.2, 0.25) is 0 Å². The van der Waals surface area contributed by atoms with Crippen LogP contribution in [-0.4, -0.2) is 33.6 Å². The summed E-state index contributed by atoms with van der Waals surface area (Å²) in [7, 11) is 0. The monoisotopic (exact) mass is 342 g/mol. The van der Waals surface area contributed by atoms with Crippen molar-refractivity contribution in [3.8, 4) is 0 Å². The Morgan fingerprint density at radius 2 is 2.10 bits per heavy atom. The number of aryl methyl sites for hydroxylation is 1. The predicted octanol–water partition coefficient (Wildman–Crippen LogP) is 3.54. The Bertz CT molecular complexity index is 503. The summed E-state index contributed by atoms with van der Waals surface area (Å²) in [6, 6.07) is 4.85. The van der Waals surface area contributed by atoms with E-state index >= 15 is 0 Å². The summed E-state index contributed by atoms with van der Waals surface area (Å²) in [5.41, 5.74) is 0.574. The number of nitro benzene ring substituents is 1. The molecule has 0 atom stereocenters. The summed E-state index contributed by atoms with van der Waals surface area (Å²) < 4.78 is 0. The number of carbonyl (C=O) groups excluding carboxylic acids is 1. The average Bonchev–Trinajstić information content (AvgIpc) is 2.37. The van der Waals surface area contributed by atoms with Gasteiger partial charge in [0.15, 0.2) is 0 Å². The Morgan fingerprint density at radius 1 is 1.45 bits per heavy atom. The van der Waals surface area contributed by atoms with Gasteiger partial charge in [-0.05, 0) is 33.3 Å². The molecule has 0 N–H and O–H groups in total. The van der Waals surface area contributed by atoms with E-state index in [2.05, 4.69) is 15.9 Å². The molecule has 0 radical (unpaired) electrons. The fourth-order valence-electron chi connectivity index (χ4n) is 2.05. The zero-order chi connectivity index (χ0) is 15.3. The Balaban J connectivity index is 3.18. The van der Waals surface area contributed by atoms with Gasteiger partial charge >= 0.3 is 0 Å². The first-order valence-electron chi connectivity index (χ1n) is 6.51. The first-order valence-corrected chi connectivity index (χ1v) is 7.63. The minimum absolute atomic E-state index is 0.00154. The van der Waals surface area contributed by atoms with Crippen molar-refractivity contribution in [2.45, 2.75) is 33.2 Å². The van der Waals surface area contributed by atoms with Gasteiger partial charge in [0, 0.05) is 23.5 Å². The van der Waals surface area contributed by atoms with E-state index in [0.29, 0.717) is 12.1 Å². The van der Waals surface area contributed by atoms with E-state index in [4.69, 9.17) is 0 Å². The number of hydrogen-bond donors (Lipinski definition) is 0. The second-order valence-corrected chi connectivity index (χ2v) is 5.66. The molecule has 1 aromatic carbocycles. The van der Waals surface area contributed by atoms with E-state index in [1.807, 2.05) is 13.8 Å². The first-order chi connectivity index (χ1) is 9.40. The molecule has 0 saturated heterocycles. The van der Waals surface area contributed by atoms with Crippen LogP contribution in [-0.2, 0) is 0 Å². The molecular formula is C14H19BrN2O3. The normalized spacial score (nSPS) is 10.7. The number of carbonyl (C=O) groups is 1. The maximum atomic E-state index is 12.6. The summed E-state index contributed by atoms with van der Waals surface area (Å²) in [6.07, 6.45) is 0.809. The Labute approximate surface area is 127 Å². The number of alkyl halides is 1. The molecule has 6 heteroatoms. The van der Waals surface area contributed by atoms with E-state index in [1.54, 1.807) is 24.0 Å². The molecule has 0 bridgehead atoms. The molecule has 0 aliphatic carbocycles. The van der Waals surface area contributed by atoms with Crippen molar-refractivity contribution in [1.82, 2.24) is 4.90 Å². The minimum atomic E-state index is -0.481. The molecular weight excluding hydrogens is 324 g/mol. The molecule has 0 aliphatic heterocycles. The molecule has 0 fully saturated rings. The lowest BCUT2D eigenvalue weighted by molar-refractivity contribution is -0.385. The van der Waals surface area contributed by atoms with Crippen molar-refractivity contribution in [2.24, 2.45) is 0 Å². The van der Waals surface area contributed by atoms with Gasteiger partial charge in [0.1, 0.15) is 5.56 Å². The van der Waals surface area contributed by atoms with Crippen molar-refractivity contribution < 1.29 is 9.72 Å². The zero-order valence-electron chi connectivity index (χ0n) is 11.9. The summed E-state index contributed by atoms with van der Waals surface area (Å²) >= 11 is 3.34. The number of nitrogens with zero attached hydrogens (tertiary/aromatic N) is 2. The molecule has 0 saturated carbocycles. The number of nitro groups is 1. The molecule has 20 heavy (non-hydrogen) atoms. The highest BCUT2D eigenvalue weighted by atomic mass is 79.9. The molecule has 1 amide bonds. The summed E-state index contributed by atoms with van der Waals surface area (Å²) in [5, 5.41) is 12.0. The Morgan fingerprint density at radius 3 is 2.60 bits per heavy atom. The van der Waals surface area contributed by atoms with E-state index < -0.39 is 4.92 Å². The first kappa shape index (κ1) is 16.6. The lowest BCUT2D eigenvalue weighted by Crippen LogP contribution is -2.38. The molecule has 0 aliphatic rings. The van der Waals surface area contributed by atoms with Gasteiger partial charge in [0.2, 0.25) is 0 Å². The lowest BCUT2D eigenvalue weighted by atomic mass is 10.1. The van der Waals surface area contributed by atoms with Gasteiger partial charge in [-0.1, -0.05) is 28.1 Å². The highest BCUT2D eigenvalue weighted by molar-refractivity contribution is 9.09. The number of para-hydroxylation sites is 1. The van der Waals surface area contributed by atoms with Gasteiger partial charge in [0.25, 0.3) is 11.6 Å². The van der Waals surface area contributed by atoms with Gasteiger partial charge in [-0.15, -0.1) is 0 Å². The largest absolute Gasteiger partial charge is 0.336 e. The molecule has 0 aromatic heterocycles. The summed E-state index contributed by atoms with van der Waals surface area (Å²) in [4.78, 5) is 24.9. The molecule has 0 heterocycles. The highest BCUT2D eigenvalue weighted by Crippen LogP contribution is 2.25. The lowest BCUT2D eigenvalue weighted by Gasteiger charge is -2.26. The Hall–Kier alpha value is -1.43. The molecule has 1 aromatic rings. The number of rotatable bonds is 6. The maximum absolute atomic E-state index is 12.6. The summed E-state index contributed by atoms with van der Waals surface area (Å²) in [6.45, 7) is 6.04. The van der Waals surface area contributed by atoms with E-state index in [-0.39, 0.29) is 23.2 Å². The Kier molecular flexibility index (Phi) is 6.13. The molecule has 1 rings (SSSR count). The van der Waals surface area contributed by atoms with Crippen molar-refractivity contribution in [1.29, 1.82) is 0 Å². The SMILES string of the molecule is Cc1cccc(C(=O)N(CCCBr)C(C)C)c1[N+](=O)[O-]. The standard InChI is InChI=1S/C14H19BrN2O3/c1-10(2)16(9-5-8-15)14(18)12-7-4-6-11(3)13(12)17(19)20/h4,6-7,10H,5,8-9H2,1-3H3. The van der Waals surface area contributed by atoms with Crippen LogP contribution < -0.4 is 0 Å². The van der Waals surface area contributed by atoms with Gasteiger partial charge in [-0.2, -0.15) is 0 Å². The van der Waals surface area contributed by atoms with Crippen molar-refractivity contribution in [3.63, 3.8) is 0 Å². The zero-order valence-corrected chi connectivity index (χ0v) is 13.5. The molecule has 5 nitrogen and oxygen atoms in total. The maximum Gasteiger partial charge on any atom is 0.285 e. The van der Waals surface area contributed by atoms with E-state index in [0.717, 1.165) is 11.8 Å². The fraction of sp³-hybridized carbons (Fsp3) is 0.500. The van der Waals surface area contributed by atoms with Crippen molar-refractivity contribution in [2.75, 3.05) is 11.9 Å². The second kappa shape index (κ2) is 7.38. The van der Waals surface area contributed by atoms with Crippen LogP contribution in [0.5, 0.6) is 0 Å². The molecule has 0 unspecified atom stereocenters. The third kappa shape index (κ3) is 3.79. The van der Waals surface area contributed by atoms with Crippen LogP contribution in [0.4, 0.5) is 5.69 Å². The van der Waals surface area contributed by atoms with Crippen LogP contribution in [0.25, 0.3) is 0 Å². The van der Waals surface area contributed by atoms with Crippen LogP contribution in [0.3, 0.4) is 0 Å². The third-order valence-electron chi connectivity index (χ3n) is 3.07. The smallest absolute Gasteiger partial charge is 0.285 e. The molecule has 0 spiro atoms. The quantitative estimate of drug-likeness (QED) is 0.451. The van der Waals surface area contributed by atoms with Crippen molar-refractivity contribution >= 4 is 27.5 Å². The third-order valence-corrected chi connectivity index (χ3v) is 3.63. The number of amides is 1. The predicted molar refractivity (Wildman–Crippen MR) is 82.4 cm³/mol. The number of halogens is 1. The van der Waals surface area contributed by atoms with Gasteiger partial charge in [0.05, 0.1) is 4.92 Å². The average molecular weight is 343 g/mol. The van der Waals surface area contributed by atoms with Crippen LogP contribution in [0, 0.1) is 17.0 Å². The highest BCUT2D eigenvalue weighted by Gasteiger charge is 2.27. The topological polar surface area (TPSA) is 63.5 Å². The number of benzene rings is 1. The second-order valence-electron chi connectivity index (χ2n) is 4.86. The van der Waals surface area contributed by atoms with Crippen LogP contribution in [0.1, 0.15) is 36.2 Å². The van der Waals surface area contributed by atoms with Gasteiger partial charge < -0.3 is 4.90 Å². The summed E-state index contributed by atoms with van der Waals surface area (Å²) in [5.74, 6) is -0.281. The minimum Gasteiger partial charge on any atom is -0.336 e. The van der Waals surface area contributed by atoms with Crippen LogP contribution in [0.15, 0.2) is 18.2 Å². The van der Waals surface area contributed by atoms with Gasteiger partial charge in [-0.25, -0.2) is 0 Å². The fourth-order valence-corrected chi connectivity index (χ4v) is 2.30. The van der Waals surface area contributed by atoms with Crippen LogP contribution >= 0.6 is 15.9 Å². The van der Waals surface area contributed by atoms with E-state index in [9.17, 15) is 14.9 Å². The van der Waals surface area contributed by atoms with Gasteiger partial charge in [-0.3, -0.25) is 14.9 Å². The number of hydrogen-bond acceptors (Lipinski definition) is 3.